The van der Waals surface area contributed by atoms with Crippen molar-refractivity contribution in [3.63, 3.8) is 0 Å². The molecule has 3 aromatic rings. The Hall–Kier alpha value is -3.76. The van der Waals surface area contributed by atoms with E-state index in [1.807, 2.05) is 0 Å². The number of anilines is 2. The van der Waals surface area contributed by atoms with Crippen molar-refractivity contribution in [2.45, 2.75) is 38.0 Å². The molecule has 0 amide bonds. The van der Waals surface area contributed by atoms with Crippen LogP contribution in [0.25, 0.3) is 0 Å². The molecule has 1 aliphatic rings. The van der Waals surface area contributed by atoms with Gasteiger partial charge < -0.3 is 16.0 Å². The van der Waals surface area contributed by atoms with Gasteiger partial charge in [0.2, 0.25) is 5.82 Å². The molecular weight excluding hydrogens is 450 g/mol. The molecule has 34 heavy (non-hydrogen) atoms. The van der Waals surface area contributed by atoms with Gasteiger partial charge >= 0.3 is 6.18 Å². The van der Waals surface area contributed by atoms with Gasteiger partial charge in [-0.2, -0.15) is 17.6 Å². The number of hydrogen-bond acceptors (Lipinski definition) is 7. The fourth-order valence-corrected chi connectivity index (χ4v) is 3.90. The number of nitrogens with one attached hydrogen (secondary N) is 1. The summed E-state index contributed by atoms with van der Waals surface area (Å²) >= 11 is 0. The van der Waals surface area contributed by atoms with Crippen LogP contribution in [0.2, 0.25) is 0 Å². The summed E-state index contributed by atoms with van der Waals surface area (Å²) in [5, 5.41) is 2.93. The summed E-state index contributed by atoms with van der Waals surface area (Å²) in [4.78, 5) is 18.3. The zero-order valence-corrected chi connectivity index (χ0v) is 18.2. The second-order valence-corrected chi connectivity index (χ2v) is 8.03. The third kappa shape index (κ3) is 5.24. The lowest BCUT2D eigenvalue weighted by Gasteiger charge is -2.27. The second kappa shape index (κ2) is 9.62. The van der Waals surface area contributed by atoms with Gasteiger partial charge in [-0.25, -0.2) is 19.9 Å². The van der Waals surface area contributed by atoms with Crippen molar-refractivity contribution in [3.8, 4) is 0 Å². The van der Waals surface area contributed by atoms with E-state index in [0.717, 1.165) is 24.1 Å². The number of benzene rings is 1. The normalized spacial score (nSPS) is 16.0. The first-order valence-electron chi connectivity index (χ1n) is 10.6. The monoisotopic (exact) mass is 473 g/mol. The number of halogens is 4. The standard InChI is InChI=1S/C23H23F4N7/c1-14(28)9-19-29-10-15(11-30-19)12-31-21-20(24)22(33-13-32-21)34-8-2-3-18(34)16-4-6-17(7-5-16)23(25,26)27/h4-7,10-11,13,18H,1-3,8-9,12,28H2,(H,31,32,33). The number of allylic oxidation sites excluding steroid dienone is 1. The summed E-state index contributed by atoms with van der Waals surface area (Å²) in [5.74, 6) is 0.0313. The van der Waals surface area contributed by atoms with E-state index >= 15 is 4.39 Å². The maximum Gasteiger partial charge on any atom is 0.416 e. The van der Waals surface area contributed by atoms with Crippen LogP contribution in [0.3, 0.4) is 0 Å². The van der Waals surface area contributed by atoms with Crippen LogP contribution < -0.4 is 16.0 Å². The van der Waals surface area contributed by atoms with Crippen molar-refractivity contribution < 1.29 is 17.6 Å². The Bertz CT molecular complexity index is 1150. The number of aromatic nitrogens is 4. The summed E-state index contributed by atoms with van der Waals surface area (Å²) in [6.07, 6.45) is 1.88. The fraction of sp³-hybridized carbons (Fsp3) is 0.304. The Labute approximate surface area is 193 Å². The molecule has 7 nitrogen and oxygen atoms in total. The number of rotatable bonds is 7. The van der Waals surface area contributed by atoms with Crippen LogP contribution in [-0.4, -0.2) is 26.5 Å². The number of nitrogens with zero attached hydrogens (tertiary/aromatic N) is 5. The van der Waals surface area contributed by atoms with Gasteiger partial charge in [0.1, 0.15) is 12.2 Å². The Morgan fingerprint density at radius 3 is 2.47 bits per heavy atom. The molecule has 1 saturated heterocycles. The molecule has 1 fully saturated rings. The van der Waals surface area contributed by atoms with Crippen LogP contribution >= 0.6 is 0 Å². The van der Waals surface area contributed by atoms with Gasteiger partial charge in [-0.1, -0.05) is 18.7 Å². The summed E-state index contributed by atoms with van der Waals surface area (Å²) in [7, 11) is 0. The molecule has 1 atom stereocenters. The second-order valence-electron chi connectivity index (χ2n) is 8.03. The molecule has 1 aliphatic heterocycles. The SMILES string of the molecule is C=C(N)Cc1ncc(CNc2ncnc(N3CCCC3c3ccc(C(F)(F)F)cc3)c2F)cn1. The van der Waals surface area contributed by atoms with Gasteiger partial charge in [-0.3, -0.25) is 0 Å². The third-order valence-electron chi connectivity index (χ3n) is 5.52. The molecule has 0 radical (unpaired) electrons. The predicted octanol–water partition coefficient (Wildman–Crippen LogP) is 4.39. The highest BCUT2D eigenvalue weighted by atomic mass is 19.4. The van der Waals surface area contributed by atoms with E-state index in [2.05, 4.69) is 31.8 Å². The first-order valence-corrected chi connectivity index (χ1v) is 10.6. The van der Waals surface area contributed by atoms with E-state index in [-0.39, 0.29) is 24.2 Å². The highest BCUT2D eigenvalue weighted by Gasteiger charge is 2.33. The lowest BCUT2D eigenvalue weighted by atomic mass is 10.0. The van der Waals surface area contributed by atoms with Crippen molar-refractivity contribution in [2.75, 3.05) is 16.8 Å². The molecule has 0 spiro atoms. The molecule has 4 rings (SSSR count). The Balaban J connectivity index is 1.49. The van der Waals surface area contributed by atoms with E-state index in [4.69, 9.17) is 5.73 Å². The third-order valence-corrected chi connectivity index (χ3v) is 5.52. The van der Waals surface area contributed by atoms with E-state index < -0.39 is 17.6 Å². The minimum Gasteiger partial charge on any atom is -0.402 e. The minimum atomic E-state index is -4.41. The van der Waals surface area contributed by atoms with E-state index in [9.17, 15) is 13.2 Å². The first-order chi connectivity index (χ1) is 16.2. The topological polar surface area (TPSA) is 92.8 Å². The van der Waals surface area contributed by atoms with Crippen LogP contribution in [0.15, 0.2) is 55.3 Å². The van der Waals surface area contributed by atoms with E-state index in [0.29, 0.717) is 36.5 Å². The van der Waals surface area contributed by atoms with Crippen LogP contribution in [0.1, 0.15) is 41.4 Å². The Morgan fingerprint density at radius 2 is 1.82 bits per heavy atom. The Morgan fingerprint density at radius 1 is 1.12 bits per heavy atom. The summed E-state index contributed by atoms with van der Waals surface area (Å²) in [6.45, 7) is 4.38. The highest BCUT2D eigenvalue weighted by molar-refractivity contribution is 5.53. The maximum absolute atomic E-state index is 15.3. The summed E-state index contributed by atoms with van der Waals surface area (Å²) < 4.78 is 54.0. The van der Waals surface area contributed by atoms with Crippen LogP contribution in [0.5, 0.6) is 0 Å². The van der Waals surface area contributed by atoms with Crippen molar-refractivity contribution in [1.29, 1.82) is 0 Å². The van der Waals surface area contributed by atoms with Gasteiger partial charge in [0.25, 0.3) is 0 Å². The van der Waals surface area contributed by atoms with Gasteiger partial charge in [-0.15, -0.1) is 0 Å². The molecule has 1 aromatic carbocycles. The van der Waals surface area contributed by atoms with Crippen molar-refractivity contribution in [3.05, 3.63) is 83.6 Å². The zero-order valence-electron chi connectivity index (χ0n) is 18.2. The number of alkyl halides is 3. The van der Waals surface area contributed by atoms with Gasteiger partial charge in [0.05, 0.1) is 11.6 Å². The van der Waals surface area contributed by atoms with Crippen LogP contribution in [-0.2, 0) is 19.1 Å². The van der Waals surface area contributed by atoms with E-state index in [1.165, 1.54) is 18.5 Å². The molecule has 2 aromatic heterocycles. The Kier molecular flexibility index (Phi) is 6.62. The first kappa shape index (κ1) is 23.4. The number of hydrogen-bond donors (Lipinski definition) is 2. The average molecular weight is 473 g/mol. The average Bonchev–Trinajstić information content (AvgIpc) is 3.28. The van der Waals surface area contributed by atoms with Crippen molar-refractivity contribution in [1.82, 2.24) is 19.9 Å². The zero-order chi connectivity index (χ0) is 24.3. The quantitative estimate of drug-likeness (QED) is 0.492. The molecule has 0 aliphatic carbocycles. The van der Waals surface area contributed by atoms with Crippen molar-refractivity contribution in [2.24, 2.45) is 5.73 Å². The molecule has 0 bridgehead atoms. The lowest BCUT2D eigenvalue weighted by Crippen LogP contribution is -2.25. The van der Waals surface area contributed by atoms with Crippen LogP contribution in [0, 0.1) is 5.82 Å². The molecule has 1 unspecified atom stereocenters. The highest BCUT2D eigenvalue weighted by Crippen LogP contribution is 2.38. The predicted molar refractivity (Wildman–Crippen MR) is 119 cm³/mol. The van der Waals surface area contributed by atoms with Crippen LogP contribution in [0.4, 0.5) is 29.2 Å². The van der Waals surface area contributed by atoms with E-state index in [1.54, 1.807) is 17.3 Å². The molecular formula is C23H23F4N7. The molecule has 0 saturated carbocycles. The molecule has 3 N–H and O–H groups in total. The summed E-state index contributed by atoms with van der Waals surface area (Å²) in [5.41, 5.74) is 6.69. The largest absolute Gasteiger partial charge is 0.416 e. The minimum absolute atomic E-state index is 0.0162. The fourth-order valence-electron chi connectivity index (χ4n) is 3.90. The lowest BCUT2D eigenvalue weighted by molar-refractivity contribution is -0.137. The molecule has 3 heterocycles. The maximum atomic E-state index is 15.3. The molecule has 178 valence electrons. The molecule has 11 heteroatoms. The van der Waals surface area contributed by atoms with Gasteiger partial charge in [-0.05, 0) is 30.5 Å². The number of nitrogens with two attached hydrogens (primary N) is 1. The van der Waals surface area contributed by atoms with Crippen molar-refractivity contribution >= 4 is 11.6 Å². The summed E-state index contributed by atoms with van der Waals surface area (Å²) in [6, 6.07) is 4.69. The van der Waals surface area contributed by atoms with Gasteiger partial charge in [0.15, 0.2) is 11.6 Å². The smallest absolute Gasteiger partial charge is 0.402 e. The van der Waals surface area contributed by atoms with Gasteiger partial charge in [0, 0.05) is 43.2 Å².